The van der Waals surface area contributed by atoms with Crippen molar-refractivity contribution in [2.75, 3.05) is 24.2 Å². The molecule has 0 aliphatic rings. The van der Waals surface area contributed by atoms with E-state index in [2.05, 4.69) is 5.32 Å². The van der Waals surface area contributed by atoms with E-state index in [1.54, 1.807) is 13.0 Å². The maximum absolute atomic E-state index is 12.0. The Labute approximate surface area is 115 Å². The predicted octanol–water partition coefficient (Wildman–Crippen LogP) is 3.20. The van der Waals surface area contributed by atoms with E-state index in [-0.39, 0.29) is 19.6 Å². The zero-order valence-corrected chi connectivity index (χ0v) is 11.1. The number of ether oxygens (including phenoxy) is 1. The van der Waals surface area contributed by atoms with Crippen molar-refractivity contribution in [3.8, 4) is 0 Å². The van der Waals surface area contributed by atoms with E-state index >= 15 is 0 Å². The Hall–Kier alpha value is -1.92. The van der Waals surface area contributed by atoms with Gasteiger partial charge in [-0.3, -0.25) is 0 Å². The molecule has 0 radical (unpaired) electrons. The molecule has 20 heavy (non-hydrogen) atoms. The van der Waals surface area contributed by atoms with E-state index in [1.807, 2.05) is 0 Å². The lowest BCUT2D eigenvalue weighted by atomic mass is 10.1. The minimum absolute atomic E-state index is 0.0391. The second-order valence-corrected chi connectivity index (χ2v) is 4.17. The highest BCUT2D eigenvalue weighted by Crippen LogP contribution is 2.23. The van der Waals surface area contributed by atoms with Crippen molar-refractivity contribution >= 4 is 17.3 Å². The summed E-state index contributed by atoms with van der Waals surface area (Å²) in [4.78, 5) is 11.5. The molecule has 0 aliphatic heterocycles. The molecule has 0 atom stereocenters. The molecule has 4 nitrogen and oxygen atoms in total. The molecular formula is C13H17F3N2O2. The van der Waals surface area contributed by atoms with Crippen LogP contribution < -0.4 is 11.1 Å². The molecule has 112 valence electrons. The summed E-state index contributed by atoms with van der Waals surface area (Å²) in [5.74, 6) is -0.483. The van der Waals surface area contributed by atoms with Gasteiger partial charge in [0.1, 0.15) is 0 Å². The first-order valence-electron chi connectivity index (χ1n) is 6.20. The van der Waals surface area contributed by atoms with Crippen LogP contribution in [0.15, 0.2) is 18.2 Å². The largest absolute Gasteiger partial charge is 0.462 e. The van der Waals surface area contributed by atoms with Crippen LogP contribution in [0.25, 0.3) is 0 Å². The first-order chi connectivity index (χ1) is 9.33. The van der Waals surface area contributed by atoms with E-state index < -0.39 is 18.6 Å². The SMILES string of the molecule is CCOC(=O)c1ccc(NCCCC(F)(F)F)c(N)c1. The number of hydrogen-bond acceptors (Lipinski definition) is 4. The van der Waals surface area contributed by atoms with Crippen molar-refractivity contribution < 1.29 is 22.7 Å². The predicted molar refractivity (Wildman–Crippen MR) is 70.6 cm³/mol. The second kappa shape index (κ2) is 7.02. The number of benzene rings is 1. The van der Waals surface area contributed by atoms with E-state index in [0.717, 1.165) is 0 Å². The summed E-state index contributed by atoms with van der Waals surface area (Å²) in [6.07, 6.45) is -5.04. The minimum Gasteiger partial charge on any atom is -0.462 e. The average Bonchev–Trinajstić information content (AvgIpc) is 2.35. The molecule has 0 fully saturated rings. The van der Waals surface area contributed by atoms with E-state index in [1.165, 1.54) is 12.1 Å². The van der Waals surface area contributed by atoms with E-state index in [9.17, 15) is 18.0 Å². The average molecular weight is 290 g/mol. The smallest absolute Gasteiger partial charge is 0.389 e. The maximum atomic E-state index is 12.0. The molecule has 3 N–H and O–H groups in total. The normalized spacial score (nSPS) is 11.2. The van der Waals surface area contributed by atoms with Crippen molar-refractivity contribution in [1.82, 2.24) is 0 Å². The van der Waals surface area contributed by atoms with Crippen LogP contribution in [-0.2, 0) is 4.74 Å². The van der Waals surface area contributed by atoms with Crippen molar-refractivity contribution in [2.45, 2.75) is 25.9 Å². The van der Waals surface area contributed by atoms with Gasteiger partial charge in [0, 0.05) is 13.0 Å². The van der Waals surface area contributed by atoms with E-state index in [0.29, 0.717) is 16.9 Å². The number of nitrogens with one attached hydrogen (secondary N) is 1. The Morgan fingerprint density at radius 2 is 2.10 bits per heavy atom. The molecule has 0 bridgehead atoms. The van der Waals surface area contributed by atoms with Crippen molar-refractivity contribution in [3.63, 3.8) is 0 Å². The van der Waals surface area contributed by atoms with Gasteiger partial charge in [-0.05, 0) is 31.5 Å². The fraction of sp³-hybridized carbons (Fsp3) is 0.462. The number of esters is 1. The quantitative estimate of drug-likeness (QED) is 0.480. The highest BCUT2D eigenvalue weighted by Gasteiger charge is 2.25. The number of alkyl halides is 3. The number of hydrogen-bond donors (Lipinski definition) is 2. The molecule has 0 saturated carbocycles. The molecule has 7 heteroatoms. The summed E-state index contributed by atoms with van der Waals surface area (Å²) in [6, 6.07) is 4.50. The van der Waals surface area contributed by atoms with Crippen LogP contribution in [0.4, 0.5) is 24.5 Å². The van der Waals surface area contributed by atoms with Gasteiger partial charge in [-0.1, -0.05) is 0 Å². The molecule has 0 amide bonds. The summed E-state index contributed by atoms with van der Waals surface area (Å²) in [6.45, 7) is 2.11. The lowest BCUT2D eigenvalue weighted by Crippen LogP contribution is -2.12. The standard InChI is InChI=1S/C13H17F3N2O2/c1-2-20-12(19)9-4-5-11(10(17)8-9)18-7-3-6-13(14,15)16/h4-5,8,18H,2-3,6-7,17H2,1H3. The molecule has 0 heterocycles. The highest BCUT2D eigenvalue weighted by molar-refractivity contribution is 5.91. The Kier molecular flexibility index (Phi) is 5.66. The number of nitrogen functional groups attached to an aromatic ring is 1. The first kappa shape index (κ1) is 16.1. The van der Waals surface area contributed by atoms with Crippen LogP contribution in [0.2, 0.25) is 0 Å². The van der Waals surface area contributed by atoms with Crippen LogP contribution in [0.3, 0.4) is 0 Å². The van der Waals surface area contributed by atoms with Gasteiger partial charge in [0.25, 0.3) is 0 Å². The third-order valence-electron chi connectivity index (χ3n) is 2.52. The fourth-order valence-corrected chi connectivity index (χ4v) is 1.58. The molecule has 0 unspecified atom stereocenters. The van der Waals surface area contributed by atoms with Gasteiger partial charge >= 0.3 is 12.1 Å². The van der Waals surface area contributed by atoms with Crippen molar-refractivity contribution in [3.05, 3.63) is 23.8 Å². The monoisotopic (exact) mass is 290 g/mol. The zero-order chi connectivity index (χ0) is 15.2. The molecule has 0 saturated heterocycles. The van der Waals surface area contributed by atoms with Crippen molar-refractivity contribution in [1.29, 1.82) is 0 Å². The number of halogens is 3. The number of rotatable bonds is 6. The fourth-order valence-electron chi connectivity index (χ4n) is 1.58. The number of anilines is 2. The Balaban J connectivity index is 2.54. The van der Waals surface area contributed by atoms with Crippen LogP contribution in [0, 0.1) is 0 Å². The third kappa shape index (κ3) is 5.38. The number of nitrogens with two attached hydrogens (primary N) is 1. The summed E-state index contributed by atoms with van der Waals surface area (Å²) in [5, 5.41) is 2.81. The number of carbonyl (C=O) groups is 1. The lowest BCUT2D eigenvalue weighted by molar-refractivity contribution is -0.134. The Bertz CT molecular complexity index is 461. The molecule has 0 spiro atoms. The first-order valence-corrected chi connectivity index (χ1v) is 6.20. The topological polar surface area (TPSA) is 64.3 Å². The van der Waals surface area contributed by atoms with Crippen LogP contribution in [-0.4, -0.2) is 25.3 Å². The Morgan fingerprint density at radius 3 is 2.65 bits per heavy atom. The van der Waals surface area contributed by atoms with Gasteiger partial charge in [-0.25, -0.2) is 4.79 Å². The zero-order valence-electron chi connectivity index (χ0n) is 11.1. The van der Waals surface area contributed by atoms with Crippen LogP contribution in [0.1, 0.15) is 30.1 Å². The number of carbonyl (C=O) groups excluding carboxylic acids is 1. The molecule has 1 aromatic carbocycles. The molecule has 1 rings (SSSR count). The van der Waals surface area contributed by atoms with Gasteiger partial charge in [-0.2, -0.15) is 13.2 Å². The van der Waals surface area contributed by atoms with Crippen LogP contribution >= 0.6 is 0 Å². The lowest BCUT2D eigenvalue weighted by Gasteiger charge is -2.11. The van der Waals surface area contributed by atoms with Crippen LogP contribution in [0.5, 0.6) is 0 Å². The van der Waals surface area contributed by atoms with Gasteiger partial charge in [0.2, 0.25) is 0 Å². The molecular weight excluding hydrogens is 273 g/mol. The van der Waals surface area contributed by atoms with Gasteiger partial charge in [0.05, 0.1) is 23.5 Å². The highest BCUT2D eigenvalue weighted by atomic mass is 19.4. The minimum atomic E-state index is -4.15. The van der Waals surface area contributed by atoms with Gasteiger partial charge in [-0.15, -0.1) is 0 Å². The molecule has 1 aromatic rings. The second-order valence-electron chi connectivity index (χ2n) is 4.17. The van der Waals surface area contributed by atoms with Gasteiger partial charge in [0.15, 0.2) is 0 Å². The summed E-state index contributed by atoms with van der Waals surface area (Å²) in [7, 11) is 0. The molecule has 0 aliphatic carbocycles. The summed E-state index contributed by atoms with van der Waals surface area (Å²) in [5.41, 5.74) is 6.84. The summed E-state index contributed by atoms with van der Waals surface area (Å²) >= 11 is 0. The summed E-state index contributed by atoms with van der Waals surface area (Å²) < 4.78 is 40.7. The van der Waals surface area contributed by atoms with E-state index in [4.69, 9.17) is 10.5 Å². The van der Waals surface area contributed by atoms with Gasteiger partial charge < -0.3 is 15.8 Å². The maximum Gasteiger partial charge on any atom is 0.389 e. The Morgan fingerprint density at radius 1 is 1.40 bits per heavy atom. The third-order valence-corrected chi connectivity index (χ3v) is 2.52. The van der Waals surface area contributed by atoms with Crippen molar-refractivity contribution in [2.24, 2.45) is 0 Å². The molecule has 0 aromatic heterocycles.